The highest BCUT2D eigenvalue weighted by molar-refractivity contribution is 7.91. The average molecular weight is 398 g/mol. The first-order valence-electron chi connectivity index (χ1n) is 9.21. The molecule has 1 saturated heterocycles. The molecule has 0 spiro atoms. The maximum atomic E-state index is 12.4. The van der Waals surface area contributed by atoms with Crippen molar-refractivity contribution < 1.29 is 13.2 Å². The second-order valence-electron chi connectivity index (χ2n) is 7.10. The van der Waals surface area contributed by atoms with Gasteiger partial charge in [0, 0.05) is 24.3 Å². The van der Waals surface area contributed by atoms with Gasteiger partial charge in [0.25, 0.3) is 0 Å². The summed E-state index contributed by atoms with van der Waals surface area (Å²) in [7, 11) is -1.01. The van der Waals surface area contributed by atoms with Gasteiger partial charge in [-0.15, -0.1) is 0 Å². The van der Waals surface area contributed by atoms with Crippen LogP contribution in [0.2, 0.25) is 0 Å². The van der Waals surface area contributed by atoms with Crippen LogP contribution in [-0.4, -0.2) is 35.4 Å². The molecule has 1 aromatic heterocycles. The van der Waals surface area contributed by atoms with Crippen molar-refractivity contribution in [2.45, 2.75) is 12.8 Å². The Morgan fingerprint density at radius 1 is 1.04 bits per heavy atom. The van der Waals surface area contributed by atoms with E-state index in [-0.39, 0.29) is 23.3 Å². The van der Waals surface area contributed by atoms with Crippen LogP contribution < -0.4 is 10.6 Å². The monoisotopic (exact) mass is 398 g/mol. The third-order valence-electron chi connectivity index (χ3n) is 5.12. The molecule has 2 N–H and O–H groups in total. The van der Waals surface area contributed by atoms with Gasteiger partial charge >= 0.3 is 0 Å². The lowest BCUT2D eigenvalue weighted by Gasteiger charge is -2.21. The molecule has 0 radical (unpaired) electrons. The normalized spacial score (nSPS) is 16.8. The maximum Gasteiger partial charge on any atom is 0.227 e. The van der Waals surface area contributed by atoms with Gasteiger partial charge in [0.05, 0.1) is 22.5 Å². The van der Waals surface area contributed by atoms with Gasteiger partial charge in [0.2, 0.25) is 11.9 Å². The first kappa shape index (κ1) is 18.5. The van der Waals surface area contributed by atoms with Crippen LogP contribution in [0.1, 0.15) is 12.8 Å². The highest BCUT2D eigenvalue weighted by Gasteiger charge is 2.28. The van der Waals surface area contributed by atoms with E-state index >= 15 is 0 Å². The summed E-state index contributed by atoms with van der Waals surface area (Å²) in [6.07, 6.45) is 0.779. The molecule has 1 aliphatic rings. The molecule has 0 unspecified atom stereocenters. The molecule has 2 heterocycles. The fourth-order valence-corrected chi connectivity index (χ4v) is 4.91. The largest absolute Gasteiger partial charge is 0.326 e. The minimum atomic E-state index is -2.97. The molecular formula is C20H22N4O3S. The van der Waals surface area contributed by atoms with Crippen molar-refractivity contribution in [3.8, 4) is 0 Å². The van der Waals surface area contributed by atoms with E-state index in [1.54, 1.807) is 0 Å². The van der Waals surface area contributed by atoms with E-state index in [1.165, 1.54) is 0 Å². The molecule has 0 atom stereocenters. The molecule has 146 valence electrons. The summed E-state index contributed by atoms with van der Waals surface area (Å²) in [5, 5.41) is 6.17. The Labute approximate surface area is 163 Å². The van der Waals surface area contributed by atoms with Crippen LogP contribution in [0.4, 0.5) is 17.3 Å². The molecular weight excluding hydrogens is 376 g/mol. The number of para-hydroxylation sites is 2. The zero-order chi connectivity index (χ0) is 19.7. The number of imidazole rings is 1. The highest BCUT2D eigenvalue weighted by atomic mass is 32.2. The highest BCUT2D eigenvalue weighted by Crippen LogP contribution is 2.24. The van der Waals surface area contributed by atoms with Gasteiger partial charge < -0.3 is 15.2 Å². The summed E-state index contributed by atoms with van der Waals surface area (Å²) in [4.78, 5) is 16.9. The molecule has 28 heavy (non-hydrogen) atoms. The summed E-state index contributed by atoms with van der Waals surface area (Å²) in [5.74, 6) is 0.548. The van der Waals surface area contributed by atoms with Gasteiger partial charge in [-0.1, -0.05) is 12.1 Å². The molecule has 0 saturated carbocycles. The second kappa shape index (κ2) is 7.27. The number of rotatable bonds is 4. The Morgan fingerprint density at radius 2 is 1.68 bits per heavy atom. The number of benzene rings is 2. The SMILES string of the molecule is Cn1c(Nc2ccc(NC(=O)C3CCS(=O)(=O)CC3)cc2)nc2ccccc21. The molecule has 0 aliphatic carbocycles. The van der Waals surface area contributed by atoms with Crippen molar-refractivity contribution in [3.63, 3.8) is 0 Å². The summed E-state index contributed by atoms with van der Waals surface area (Å²) in [6.45, 7) is 0. The number of carbonyl (C=O) groups is 1. The van der Waals surface area contributed by atoms with Gasteiger partial charge in [0.1, 0.15) is 9.84 Å². The lowest BCUT2D eigenvalue weighted by atomic mass is 10.0. The van der Waals surface area contributed by atoms with E-state index in [1.807, 2.05) is 60.1 Å². The average Bonchev–Trinajstić information content (AvgIpc) is 2.99. The van der Waals surface area contributed by atoms with E-state index in [0.717, 1.165) is 22.7 Å². The number of nitrogens with one attached hydrogen (secondary N) is 2. The van der Waals surface area contributed by atoms with Gasteiger partial charge in [-0.3, -0.25) is 4.79 Å². The van der Waals surface area contributed by atoms with E-state index in [0.29, 0.717) is 18.5 Å². The van der Waals surface area contributed by atoms with Crippen LogP contribution in [-0.2, 0) is 21.7 Å². The molecule has 1 aliphatic heterocycles. The van der Waals surface area contributed by atoms with Crippen molar-refractivity contribution in [1.29, 1.82) is 0 Å². The molecule has 4 rings (SSSR count). The number of sulfone groups is 1. The van der Waals surface area contributed by atoms with Crippen LogP contribution in [0.15, 0.2) is 48.5 Å². The first-order chi connectivity index (χ1) is 13.4. The van der Waals surface area contributed by atoms with Crippen LogP contribution in [0.5, 0.6) is 0 Å². The topological polar surface area (TPSA) is 93.1 Å². The van der Waals surface area contributed by atoms with E-state index < -0.39 is 9.84 Å². The molecule has 7 nitrogen and oxygen atoms in total. The van der Waals surface area contributed by atoms with Gasteiger partial charge in [-0.05, 0) is 49.2 Å². The fourth-order valence-electron chi connectivity index (χ4n) is 3.42. The van der Waals surface area contributed by atoms with Crippen molar-refractivity contribution >= 4 is 44.1 Å². The summed E-state index contributed by atoms with van der Waals surface area (Å²) in [5.41, 5.74) is 3.52. The molecule has 8 heteroatoms. The van der Waals surface area contributed by atoms with Crippen LogP contribution >= 0.6 is 0 Å². The number of aromatic nitrogens is 2. The lowest BCUT2D eigenvalue weighted by Crippen LogP contribution is -2.31. The quantitative estimate of drug-likeness (QED) is 0.704. The van der Waals surface area contributed by atoms with Crippen LogP contribution in [0.3, 0.4) is 0 Å². The molecule has 0 bridgehead atoms. The van der Waals surface area contributed by atoms with Crippen molar-refractivity contribution in [2.75, 3.05) is 22.1 Å². The first-order valence-corrected chi connectivity index (χ1v) is 11.0. The minimum Gasteiger partial charge on any atom is -0.326 e. The van der Waals surface area contributed by atoms with Crippen molar-refractivity contribution in [1.82, 2.24) is 9.55 Å². The number of amides is 1. The number of aryl methyl sites for hydroxylation is 1. The third kappa shape index (κ3) is 3.87. The summed E-state index contributed by atoms with van der Waals surface area (Å²) >= 11 is 0. The van der Waals surface area contributed by atoms with Gasteiger partial charge in [0.15, 0.2) is 0 Å². The van der Waals surface area contributed by atoms with E-state index in [9.17, 15) is 13.2 Å². The number of fused-ring (bicyclic) bond motifs is 1. The van der Waals surface area contributed by atoms with Crippen LogP contribution in [0, 0.1) is 5.92 Å². The smallest absolute Gasteiger partial charge is 0.227 e. The van der Waals surface area contributed by atoms with Gasteiger partial charge in [-0.2, -0.15) is 0 Å². The number of hydrogen-bond acceptors (Lipinski definition) is 5. The predicted molar refractivity (Wildman–Crippen MR) is 110 cm³/mol. The maximum absolute atomic E-state index is 12.4. The van der Waals surface area contributed by atoms with Crippen molar-refractivity contribution in [2.24, 2.45) is 13.0 Å². The van der Waals surface area contributed by atoms with E-state index in [4.69, 9.17) is 0 Å². The zero-order valence-electron chi connectivity index (χ0n) is 15.6. The standard InChI is InChI=1S/C20H22N4O3S/c1-24-18-5-3-2-4-17(18)23-20(24)22-16-8-6-15(7-9-16)21-19(25)14-10-12-28(26,27)13-11-14/h2-9,14H,10-13H2,1H3,(H,21,25)(H,22,23). The molecule has 2 aromatic carbocycles. The Morgan fingerprint density at radius 3 is 2.36 bits per heavy atom. The lowest BCUT2D eigenvalue weighted by molar-refractivity contribution is -0.120. The molecule has 3 aromatic rings. The van der Waals surface area contributed by atoms with Crippen molar-refractivity contribution in [3.05, 3.63) is 48.5 Å². The number of nitrogens with zero attached hydrogens (tertiary/aromatic N) is 2. The Kier molecular flexibility index (Phi) is 4.80. The van der Waals surface area contributed by atoms with Crippen LogP contribution in [0.25, 0.3) is 11.0 Å². The summed E-state index contributed by atoms with van der Waals surface area (Å²) < 4.78 is 25.0. The number of carbonyl (C=O) groups excluding carboxylic acids is 1. The number of anilines is 3. The third-order valence-corrected chi connectivity index (χ3v) is 6.84. The zero-order valence-corrected chi connectivity index (χ0v) is 16.4. The Balaban J connectivity index is 1.41. The summed E-state index contributed by atoms with van der Waals surface area (Å²) in [6, 6.07) is 15.3. The number of hydrogen-bond donors (Lipinski definition) is 2. The van der Waals surface area contributed by atoms with Gasteiger partial charge in [-0.25, -0.2) is 13.4 Å². The Hall–Kier alpha value is -2.87. The Bertz CT molecular complexity index is 1110. The predicted octanol–water partition coefficient (Wildman–Crippen LogP) is 3.08. The molecule has 1 amide bonds. The molecule has 1 fully saturated rings. The minimum absolute atomic E-state index is 0.0892. The second-order valence-corrected chi connectivity index (χ2v) is 9.40. The van der Waals surface area contributed by atoms with E-state index in [2.05, 4.69) is 15.6 Å². The fraction of sp³-hybridized carbons (Fsp3) is 0.300.